The molecule has 0 saturated carbocycles. The van der Waals surface area contributed by atoms with Crippen molar-refractivity contribution in [2.75, 3.05) is 19.7 Å². The van der Waals surface area contributed by atoms with Crippen LogP contribution < -0.4 is 14.8 Å². The predicted octanol–water partition coefficient (Wildman–Crippen LogP) is 2.96. The highest BCUT2D eigenvalue weighted by molar-refractivity contribution is 7.89. The Labute approximate surface area is 155 Å². The van der Waals surface area contributed by atoms with Gasteiger partial charge in [-0.1, -0.05) is 45.2 Å². The van der Waals surface area contributed by atoms with E-state index in [1.54, 1.807) is 0 Å². The third-order valence-electron chi connectivity index (χ3n) is 3.36. The number of carbonyl (C=O) groups is 1. The Kier molecular flexibility index (Phi) is 9.24. The maximum Gasteiger partial charge on any atom is 0.257 e. The van der Waals surface area contributed by atoms with Crippen molar-refractivity contribution in [3.63, 3.8) is 0 Å². The van der Waals surface area contributed by atoms with Gasteiger partial charge < -0.3 is 10.1 Å². The summed E-state index contributed by atoms with van der Waals surface area (Å²) in [5.74, 6) is 0.236. The number of rotatable bonds is 11. The second kappa shape index (κ2) is 10.6. The van der Waals surface area contributed by atoms with Gasteiger partial charge in [0.15, 0.2) is 6.61 Å². The highest BCUT2D eigenvalue weighted by Gasteiger charge is 2.16. The molecule has 1 amide bonds. The van der Waals surface area contributed by atoms with E-state index in [2.05, 4.69) is 17.0 Å². The van der Waals surface area contributed by atoms with Crippen LogP contribution in [0.2, 0.25) is 5.02 Å². The number of halogens is 1. The zero-order valence-electron chi connectivity index (χ0n) is 15.0. The first-order valence-electron chi connectivity index (χ1n) is 8.45. The Balaban J connectivity index is 2.59. The van der Waals surface area contributed by atoms with Gasteiger partial charge in [0, 0.05) is 13.1 Å². The summed E-state index contributed by atoms with van der Waals surface area (Å²) in [5.41, 5.74) is 0. The Hall–Kier alpha value is -1.31. The lowest BCUT2D eigenvalue weighted by Crippen LogP contribution is -2.29. The van der Waals surface area contributed by atoms with Crippen LogP contribution in [0.5, 0.6) is 5.75 Å². The van der Waals surface area contributed by atoms with E-state index in [4.69, 9.17) is 16.3 Å². The maximum absolute atomic E-state index is 12.2. The summed E-state index contributed by atoms with van der Waals surface area (Å²) < 4.78 is 32.2. The van der Waals surface area contributed by atoms with Crippen molar-refractivity contribution in [3.05, 3.63) is 23.2 Å². The third kappa shape index (κ3) is 8.07. The normalized spacial score (nSPS) is 11.6. The summed E-state index contributed by atoms with van der Waals surface area (Å²) in [6.45, 7) is 6.72. The second-order valence-electron chi connectivity index (χ2n) is 6.18. The number of hydrogen-bond acceptors (Lipinski definition) is 4. The number of nitrogens with one attached hydrogen (secondary N) is 2. The summed E-state index contributed by atoms with van der Waals surface area (Å²) in [7, 11) is -3.61. The first-order chi connectivity index (χ1) is 11.8. The smallest absolute Gasteiger partial charge is 0.257 e. The van der Waals surface area contributed by atoms with Crippen LogP contribution in [0, 0.1) is 5.92 Å². The SMILES string of the molecule is CCCCCNC(=O)COc1ccc(S(=O)(=O)NCC(C)C)cc1Cl. The molecule has 0 heterocycles. The van der Waals surface area contributed by atoms with Gasteiger partial charge in [-0.05, 0) is 30.5 Å². The molecule has 0 fully saturated rings. The van der Waals surface area contributed by atoms with Crippen molar-refractivity contribution >= 4 is 27.5 Å². The number of carbonyl (C=O) groups excluding carboxylic acids is 1. The van der Waals surface area contributed by atoms with E-state index in [1.165, 1.54) is 18.2 Å². The van der Waals surface area contributed by atoms with Crippen LogP contribution >= 0.6 is 11.6 Å². The Bertz CT molecular complexity index is 663. The van der Waals surface area contributed by atoms with Crippen molar-refractivity contribution < 1.29 is 17.9 Å². The minimum absolute atomic E-state index is 0.0644. The molecule has 1 aromatic rings. The summed E-state index contributed by atoms with van der Waals surface area (Å²) in [6, 6.07) is 4.18. The van der Waals surface area contributed by atoms with Crippen LogP contribution in [0.25, 0.3) is 0 Å². The van der Waals surface area contributed by atoms with Gasteiger partial charge in [0.1, 0.15) is 5.75 Å². The van der Waals surface area contributed by atoms with Gasteiger partial charge in [-0.3, -0.25) is 4.79 Å². The summed E-state index contributed by atoms with van der Waals surface area (Å²) >= 11 is 6.08. The lowest BCUT2D eigenvalue weighted by atomic mass is 10.2. The summed E-state index contributed by atoms with van der Waals surface area (Å²) in [5, 5.41) is 2.90. The molecule has 0 aliphatic heterocycles. The second-order valence-corrected chi connectivity index (χ2v) is 8.36. The minimum Gasteiger partial charge on any atom is -0.482 e. The van der Waals surface area contributed by atoms with Crippen LogP contribution in [0.1, 0.15) is 40.0 Å². The molecule has 0 aromatic heterocycles. The van der Waals surface area contributed by atoms with Crippen molar-refractivity contribution in [3.8, 4) is 5.75 Å². The molecule has 1 rings (SSSR count). The molecule has 6 nitrogen and oxygen atoms in total. The molecule has 0 spiro atoms. The molecule has 0 atom stereocenters. The number of hydrogen-bond donors (Lipinski definition) is 2. The van der Waals surface area contributed by atoms with Crippen molar-refractivity contribution in [1.29, 1.82) is 0 Å². The fraction of sp³-hybridized carbons (Fsp3) is 0.588. The van der Waals surface area contributed by atoms with Crippen LogP contribution in [-0.2, 0) is 14.8 Å². The van der Waals surface area contributed by atoms with E-state index in [9.17, 15) is 13.2 Å². The monoisotopic (exact) mass is 390 g/mol. The lowest BCUT2D eigenvalue weighted by Gasteiger charge is -2.12. The van der Waals surface area contributed by atoms with Gasteiger partial charge >= 0.3 is 0 Å². The van der Waals surface area contributed by atoms with Gasteiger partial charge in [0.2, 0.25) is 10.0 Å². The molecule has 0 aliphatic carbocycles. The van der Waals surface area contributed by atoms with Crippen molar-refractivity contribution in [2.24, 2.45) is 5.92 Å². The molecular weight excluding hydrogens is 364 g/mol. The fourth-order valence-corrected chi connectivity index (χ4v) is 3.46. The molecular formula is C17H27ClN2O4S. The van der Waals surface area contributed by atoms with Crippen molar-refractivity contribution in [2.45, 2.75) is 44.9 Å². The molecule has 0 aliphatic rings. The van der Waals surface area contributed by atoms with Crippen LogP contribution in [-0.4, -0.2) is 34.0 Å². The standard InChI is InChI=1S/C17H27ClN2O4S/c1-4-5-6-9-19-17(21)12-24-16-8-7-14(10-15(16)18)25(22,23)20-11-13(2)3/h7-8,10,13,20H,4-6,9,11-12H2,1-3H3,(H,19,21). The lowest BCUT2D eigenvalue weighted by molar-refractivity contribution is -0.123. The van der Waals surface area contributed by atoms with Crippen LogP contribution in [0.3, 0.4) is 0 Å². The zero-order valence-corrected chi connectivity index (χ0v) is 16.5. The molecule has 25 heavy (non-hydrogen) atoms. The first-order valence-corrected chi connectivity index (χ1v) is 10.3. The van der Waals surface area contributed by atoms with Crippen molar-refractivity contribution in [1.82, 2.24) is 10.0 Å². The third-order valence-corrected chi connectivity index (χ3v) is 5.07. The number of unbranched alkanes of at least 4 members (excludes halogenated alkanes) is 2. The molecule has 142 valence electrons. The van der Waals surface area contributed by atoms with Gasteiger partial charge in [-0.2, -0.15) is 0 Å². The zero-order chi connectivity index (χ0) is 18.9. The van der Waals surface area contributed by atoms with E-state index in [0.717, 1.165) is 19.3 Å². The van der Waals surface area contributed by atoms with Gasteiger partial charge in [0.05, 0.1) is 9.92 Å². The molecule has 1 aromatic carbocycles. The molecule has 8 heteroatoms. The minimum atomic E-state index is -3.61. The van der Waals surface area contributed by atoms with E-state index in [-0.39, 0.29) is 34.1 Å². The average molecular weight is 391 g/mol. The first kappa shape index (κ1) is 21.7. The van der Waals surface area contributed by atoms with E-state index < -0.39 is 10.0 Å². The molecule has 0 radical (unpaired) electrons. The Morgan fingerprint density at radius 3 is 2.60 bits per heavy atom. The van der Waals surface area contributed by atoms with Crippen LogP contribution in [0.4, 0.5) is 0 Å². The molecule has 0 unspecified atom stereocenters. The van der Waals surface area contributed by atoms with Gasteiger partial charge in [-0.15, -0.1) is 0 Å². The highest BCUT2D eigenvalue weighted by atomic mass is 35.5. The largest absolute Gasteiger partial charge is 0.482 e. The predicted molar refractivity (Wildman–Crippen MR) is 99.5 cm³/mol. The highest BCUT2D eigenvalue weighted by Crippen LogP contribution is 2.27. The fourth-order valence-electron chi connectivity index (χ4n) is 1.92. The van der Waals surface area contributed by atoms with E-state index in [0.29, 0.717) is 13.1 Å². The topological polar surface area (TPSA) is 84.5 Å². The number of benzene rings is 1. The molecule has 0 bridgehead atoms. The average Bonchev–Trinajstić information content (AvgIpc) is 2.56. The number of ether oxygens (including phenoxy) is 1. The quantitative estimate of drug-likeness (QED) is 0.569. The van der Waals surface area contributed by atoms with E-state index in [1.807, 2.05) is 13.8 Å². The van der Waals surface area contributed by atoms with Gasteiger partial charge in [0.25, 0.3) is 5.91 Å². The number of sulfonamides is 1. The van der Waals surface area contributed by atoms with Crippen LogP contribution in [0.15, 0.2) is 23.1 Å². The number of amides is 1. The molecule has 0 saturated heterocycles. The summed E-state index contributed by atoms with van der Waals surface area (Å²) in [6.07, 6.45) is 3.08. The maximum atomic E-state index is 12.2. The van der Waals surface area contributed by atoms with E-state index >= 15 is 0 Å². The Morgan fingerprint density at radius 2 is 2.00 bits per heavy atom. The molecule has 2 N–H and O–H groups in total. The summed E-state index contributed by atoms with van der Waals surface area (Å²) in [4.78, 5) is 11.7. The van der Waals surface area contributed by atoms with Gasteiger partial charge in [-0.25, -0.2) is 13.1 Å². The Morgan fingerprint density at radius 1 is 1.28 bits per heavy atom.